The van der Waals surface area contributed by atoms with Crippen molar-refractivity contribution in [3.63, 3.8) is 0 Å². The van der Waals surface area contributed by atoms with Crippen LogP contribution in [0.4, 0.5) is 19.3 Å². The number of amides is 3. The summed E-state index contributed by atoms with van der Waals surface area (Å²) in [7, 11) is 0. The molecule has 0 saturated carbocycles. The highest BCUT2D eigenvalue weighted by Gasteiger charge is 2.34. The van der Waals surface area contributed by atoms with Crippen molar-refractivity contribution in [3.05, 3.63) is 64.7 Å². The molecule has 24 heavy (non-hydrogen) atoms. The molecule has 0 spiro atoms. The Morgan fingerprint density at radius 1 is 1.04 bits per heavy atom. The van der Waals surface area contributed by atoms with Crippen molar-refractivity contribution in [2.24, 2.45) is 0 Å². The lowest BCUT2D eigenvalue weighted by molar-refractivity contribution is 0.0771. The molecule has 0 atom stereocenters. The summed E-state index contributed by atoms with van der Waals surface area (Å²) in [5, 5.41) is 3.35. The topological polar surface area (TPSA) is 52.7 Å². The zero-order valence-corrected chi connectivity index (χ0v) is 13.1. The summed E-state index contributed by atoms with van der Waals surface area (Å²) in [4.78, 5) is 27.0. The number of urea groups is 1. The van der Waals surface area contributed by atoms with Gasteiger partial charge in [0.1, 0.15) is 17.2 Å². The summed E-state index contributed by atoms with van der Waals surface area (Å²) < 4.78 is 27.6. The second kappa shape index (κ2) is 6.54. The third kappa shape index (κ3) is 2.95. The average molecular weight is 352 g/mol. The predicted octanol–water partition coefficient (Wildman–Crippen LogP) is 3.21. The molecule has 1 fully saturated rings. The van der Waals surface area contributed by atoms with Gasteiger partial charge in [-0.05, 0) is 36.4 Å². The highest BCUT2D eigenvalue weighted by molar-refractivity contribution is 6.30. The third-order valence-corrected chi connectivity index (χ3v) is 3.81. The maximum Gasteiger partial charge on any atom is 0.333 e. The molecule has 1 aliphatic heterocycles. The quantitative estimate of drug-likeness (QED) is 0.904. The molecule has 1 N–H and O–H groups in total. The summed E-state index contributed by atoms with van der Waals surface area (Å²) in [5.41, 5.74) is -0.256. The third-order valence-electron chi connectivity index (χ3n) is 3.56. The van der Waals surface area contributed by atoms with Crippen molar-refractivity contribution in [2.75, 3.05) is 18.2 Å². The second-order valence-electron chi connectivity index (χ2n) is 5.08. The number of nitrogens with zero attached hydrogens (tertiary/aromatic N) is 2. The predicted molar refractivity (Wildman–Crippen MR) is 84.7 cm³/mol. The van der Waals surface area contributed by atoms with Crippen LogP contribution in [0.25, 0.3) is 0 Å². The van der Waals surface area contributed by atoms with Gasteiger partial charge >= 0.3 is 6.03 Å². The molecule has 2 aromatic rings. The van der Waals surface area contributed by atoms with E-state index in [0.29, 0.717) is 10.7 Å². The SMILES string of the molecule is O=C(c1c(F)cccc1F)N1CNCN(c2ccc(Cl)cc2)C1=O. The number of benzene rings is 2. The largest absolute Gasteiger partial charge is 0.333 e. The molecule has 1 saturated heterocycles. The van der Waals surface area contributed by atoms with Gasteiger partial charge in [0.2, 0.25) is 0 Å². The van der Waals surface area contributed by atoms with Gasteiger partial charge < -0.3 is 0 Å². The first kappa shape index (κ1) is 16.4. The van der Waals surface area contributed by atoms with Crippen molar-refractivity contribution < 1.29 is 18.4 Å². The van der Waals surface area contributed by atoms with E-state index in [-0.39, 0.29) is 13.3 Å². The van der Waals surface area contributed by atoms with Crippen LogP contribution in [0.5, 0.6) is 0 Å². The van der Waals surface area contributed by atoms with Crippen LogP contribution < -0.4 is 10.2 Å². The lowest BCUT2D eigenvalue weighted by Gasteiger charge is -2.35. The van der Waals surface area contributed by atoms with Crippen LogP contribution in [0.2, 0.25) is 5.02 Å². The van der Waals surface area contributed by atoms with Gasteiger partial charge in [0.05, 0.1) is 13.3 Å². The first-order valence-corrected chi connectivity index (χ1v) is 7.40. The monoisotopic (exact) mass is 351 g/mol. The van der Waals surface area contributed by atoms with Gasteiger partial charge in [0.25, 0.3) is 5.91 Å². The first-order valence-electron chi connectivity index (χ1n) is 7.02. The highest BCUT2D eigenvalue weighted by Crippen LogP contribution is 2.22. The van der Waals surface area contributed by atoms with Gasteiger partial charge in [-0.25, -0.2) is 18.5 Å². The molecule has 0 aromatic heterocycles. The number of hydrogen-bond acceptors (Lipinski definition) is 3. The zero-order valence-electron chi connectivity index (χ0n) is 12.3. The summed E-state index contributed by atoms with van der Waals surface area (Å²) >= 11 is 5.81. The molecule has 2 aromatic carbocycles. The van der Waals surface area contributed by atoms with E-state index in [4.69, 9.17) is 11.6 Å². The zero-order chi connectivity index (χ0) is 17.3. The minimum Gasteiger partial charge on any atom is -0.281 e. The Hall–Kier alpha value is -2.51. The van der Waals surface area contributed by atoms with Gasteiger partial charge in [-0.15, -0.1) is 0 Å². The van der Waals surface area contributed by atoms with E-state index >= 15 is 0 Å². The normalized spacial score (nSPS) is 14.9. The molecule has 3 rings (SSSR count). The van der Waals surface area contributed by atoms with Crippen LogP contribution in [0, 0.1) is 11.6 Å². The molecule has 0 unspecified atom stereocenters. The Morgan fingerprint density at radius 3 is 2.29 bits per heavy atom. The van der Waals surface area contributed by atoms with Crippen LogP contribution in [0.15, 0.2) is 42.5 Å². The minimum absolute atomic E-state index is 0.143. The van der Waals surface area contributed by atoms with Crippen molar-refractivity contribution in [1.82, 2.24) is 10.2 Å². The standard InChI is InChI=1S/C16H12ClF2N3O2/c17-10-4-6-11(7-5-10)21-8-20-9-22(16(21)24)15(23)14-12(18)2-1-3-13(14)19/h1-7,20H,8-9H2. The van der Waals surface area contributed by atoms with E-state index in [1.54, 1.807) is 24.3 Å². The highest BCUT2D eigenvalue weighted by atomic mass is 35.5. The van der Waals surface area contributed by atoms with E-state index in [9.17, 15) is 18.4 Å². The van der Waals surface area contributed by atoms with E-state index in [1.165, 1.54) is 4.90 Å². The molecule has 124 valence electrons. The number of hydrogen-bond donors (Lipinski definition) is 1. The Bertz CT molecular complexity index is 778. The number of imide groups is 1. The Morgan fingerprint density at radius 2 is 1.67 bits per heavy atom. The summed E-state index contributed by atoms with van der Waals surface area (Å²) in [6, 6.07) is 8.83. The minimum atomic E-state index is -1.04. The van der Waals surface area contributed by atoms with E-state index in [0.717, 1.165) is 23.1 Å². The van der Waals surface area contributed by atoms with Crippen molar-refractivity contribution in [2.45, 2.75) is 0 Å². The molecule has 1 heterocycles. The second-order valence-corrected chi connectivity index (χ2v) is 5.52. The Kier molecular flexibility index (Phi) is 4.46. The van der Waals surface area contributed by atoms with E-state index in [1.807, 2.05) is 0 Å². The van der Waals surface area contributed by atoms with Crippen LogP contribution in [-0.2, 0) is 0 Å². The van der Waals surface area contributed by atoms with Crippen molar-refractivity contribution >= 4 is 29.2 Å². The smallest absolute Gasteiger partial charge is 0.281 e. The molecule has 3 amide bonds. The number of rotatable bonds is 2. The van der Waals surface area contributed by atoms with Crippen molar-refractivity contribution in [1.29, 1.82) is 0 Å². The maximum absolute atomic E-state index is 13.8. The molecule has 8 heteroatoms. The number of anilines is 1. The van der Waals surface area contributed by atoms with Crippen LogP contribution in [0.1, 0.15) is 10.4 Å². The summed E-state index contributed by atoms with van der Waals surface area (Å²) in [5.74, 6) is -3.07. The molecule has 0 aliphatic carbocycles. The number of nitrogens with one attached hydrogen (secondary N) is 1. The molecule has 0 radical (unpaired) electrons. The summed E-state index contributed by atoms with van der Waals surface area (Å²) in [6.45, 7) is 0.0134. The number of halogens is 3. The maximum atomic E-state index is 13.8. The van der Waals surface area contributed by atoms with Crippen molar-refractivity contribution in [3.8, 4) is 0 Å². The van der Waals surface area contributed by atoms with Gasteiger partial charge in [-0.3, -0.25) is 15.0 Å². The van der Waals surface area contributed by atoms with Crippen LogP contribution in [-0.4, -0.2) is 30.2 Å². The first-order chi connectivity index (χ1) is 11.5. The fraction of sp³-hybridized carbons (Fsp3) is 0.125. The summed E-state index contributed by atoms with van der Waals surface area (Å²) in [6.07, 6.45) is 0. The Balaban J connectivity index is 1.90. The molecular formula is C16H12ClF2N3O2. The molecular weight excluding hydrogens is 340 g/mol. The fourth-order valence-corrected chi connectivity index (χ4v) is 2.50. The number of carbonyl (C=O) groups is 2. The molecule has 0 bridgehead atoms. The van der Waals surface area contributed by atoms with E-state index in [2.05, 4.69) is 5.32 Å². The van der Waals surface area contributed by atoms with Crippen LogP contribution >= 0.6 is 11.6 Å². The molecule has 1 aliphatic rings. The number of carbonyl (C=O) groups excluding carboxylic acids is 2. The van der Waals surface area contributed by atoms with Gasteiger partial charge in [-0.1, -0.05) is 17.7 Å². The Labute approximate surface area is 141 Å². The van der Waals surface area contributed by atoms with E-state index < -0.39 is 29.1 Å². The fourth-order valence-electron chi connectivity index (χ4n) is 2.37. The lowest BCUT2D eigenvalue weighted by Crippen LogP contribution is -2.58. The lowest BCUT2D eigenvalue weighted by atomic mass is 10.1. The van der Waals surface area contributed by atoms with Gasteiger partial charge in [0, 0.05) is 10.7 Å². The van der Waals surface area contributed by atoms with Gasteiger partial charge in [-0.2, -0.15) is 0 Å². The van der Waals surface area contributed by atoms with Crippen LogP contribution in [0.3, 0.4) is 0 Å². The van der Waals surface area contributed by atoms with Gasteiger partial charge in [0.15, 0.2) is 0 Å². The average Bonchev–Trinajstić information content (AvgIpc) is 2.56. The molecule has 5 nitrogen and oxygen atoms in total.